The third kappa shape index (κ3) is 4.37. The van der Waals surface area contributed by atoms with Crippen molar-refractivity contribution < 1.29 is 31.1 Å². The summed E-state index contributed by atoms with van der Waals surface area (Å²) in [5.74, 6) is -0.0146. The first-order valence-corrected chi connectivity index (χ1v) is 12.4. The average molecular weight is 468 g/mol. The number of nitrogens with zero attached hydrogens (tertiary/aromatic N) is 1. The number of nitrogens with one attached hydrogen (secondary N) is 2. The van der Waals surface area contributed by atoms with E-state index in [4.69, 9.17) is 9.47 Å². The van der Waals surface area contributed by atoms with Crippen molar-refractivity contribution in [3.05, 3.63) is 42.0 Å². The zero-order valence-electron chi connectivity index (χ0n) is 16.6. The first-order valence-electron chi connectivity index (χ1n) is 9.45. The van der Waals surface area contributed by atoms with Gasteiger partial charge in [0.15, 0.2) is 6.61 Å². The first-order chi connectivity index (χ1) is 14.7. The quantitative estimate of drug-likeness (QED) is 0.674. The summed E-state index contributed by atoms with van der Waals surface area (Å²) in [6.07, 6.45) is 0. The van der Waals surface area contributed by atoms with Gasteiger partial charge in [-0.05, 0) is 42.8 Å². The number of carbonyl (C=O) groups is 1. The number of anilines is 2. The number of morpholine rings is 1. The van der Waals surface area contributed by atoms with E-state index in [0.717, 1.165) is 0 Å². The number of fused-ring (bicyclic) bond motifs is 1. The Kier molecular flexibility index (Phi) is 5.64. The van der Waals surface area contributed by atoms with Crippen LogP contribution in [-0.4, -0.2) is 60.0 Å². The average Bonchev–Trinajstić information content (AvgIpc) is 2.75. The molecule has 1 amide bonds. The van der Waals surface area contributed by atoms with Crippen LogP contribution in [0.15, 0.2) is 46.2 Å². The summed E-state index contributed by atoms with van der Waals surface area (Å²) in [7, 11) is -7.85. The molecule has 1 fully saturated rings. The Balaban J connectivity index is 1.63. The van der Waals surface area contributed by atoms with Gasteiger partial charge < -0.3 is 14.8 Å². The molecule has 1 saturated heterocycles. The van der Waals surface area contributed by atoms with E-state index in [9.17, 15) is 21.6 Å². The van der Waals surface area contributed by atoms with Gasteiger partial charge in [-0.2, -0.15) is 4.31 Å². The Bertz CT molecular complexity index is 1240. The number of sulfonamides is 2. The monoisotopic (exact) mass is 467 g/mol. The van der Waals surface area contributed by atoms with Gasteiger partial charge in [0, 0.05) is 13.1 Å². The van der Waals surface area contributed by atoms with Gasteiger partial charge in [-0.1, -0.05) is 6.07 Å². The number of benzene rings is 2. The number of ether oxygens (including phenoxy) is 2. The highest BCUT2D eigenvalue weighted by atomic mass is 32.2. The molecule has 2 heterocycles. The minimum absolute atomic E-state index is 0.0284. The number of hydrogen-bond acceptors (Lipinski definition) is 7. The van der Waals surface area contributed by atoms with Gasteiger partial charge >= 0.3 is 0 Å². The van der Waals surface area contributed by atoms with E-state index >= 15 is 0 Å². The summed E-state index contributed by atoms with van der Waals surface area (Å²) in [6, 6.07) is 8.43. The molecule has 2 N–H and O–H groups in total. The van der Waals surface area contributed by atoms with Crippen LogP contribution in [0.1, 0.15) is 5.56 Å². The number of hydrogen-bond donors (Lipinski definition) is 2. The van der Waals surface area contributed by atoms with Crippen molar-refractivity contribution in [1.29, 1.82) is 0 Å². The molecule has 2 aromatic rings. The summed E-state index contributed by atoms with van der Waals surface area (Å²) < 4.78 is 66.0. The summed E-state index contributed by atoms with van der Waals surface area (Å²) >= 11 is 0. The van der Waals surface area contributed by atoms with Crippen LogP contribution in [0.3, 0.4) is 0 Å². The largest absolute Gasteiger partial charge is 0.482 e. The van der Waals surface area contributed by atoms with Gasteiger partial charge in [0.05, 0.1) is 34.4 Å². The maximum Gasteiger partial charge on any atom is 0.262 e. The maximum absolute atomic E-state index is 13.0. The molecule has 12 heteroatoms. The van der Waals surface area contributed by atoms with Crippen molar-refractivity contribution >= 4 is 37.3 Å². The van der Waals surface area contributed by atoms with Gasteiger partial charge in [-0.3, -0.25) is 9.52 Å². The van der Waals surface area contributed by atoms with E-state index in [1.54, 1.807) is 13.0 Å². The molecule has 10 nitrogen and oxygen atoms in total. The van der Waals surface area contributed by atoms with Crippen LogP contribution in [0.2, 0.25) is 0 Å². The predicted octanol–water partition coefficient (Wildman–Crippen LogP) is 1.15. The van der Waals surface area contributed by atoms with E-state index in [-0.39, 0.29) is 46.8 Å². The lowest BCUT2D eigenvalue weighted by molar-refractivity contribution is -0.118. The molecule has 31 heavy (non-hydrogen) atoms. The number of rotatable bonds is 5. The van der Waals surface area contributed by atoms with Crippen LogP contribution in [0.5, 0.6) is 5.75 Å². The maximum atomic E-state index is 13.0. The highest BCUT2D eigenvalue weighted by Gasteiger charge is 2.28. The molecule has 0 atom stereocenters. The van der Waals surface area contributed by atoms with E-state index in [1.165, 1.54) is 34.6 Å². The third-order valence-electron chi connectivity index (χ3n) is 4.92. The van der Waals surface area contributed by atoms with Crippen LogP contribution >= 0.6 is 0 Å². The minimum Gasteiger partial charge on any atom is -0.482 e. The van der Waals surface area contributed by atoms with Crippen molar-refractivity contribution in [3.8, 4) is 5.75 Å². The van der Waals surface area contributed by atoms with Gasteiger partial charge in [-0.15, -0.1) is 0 Å². The summed E-state index contributed by atoms with van der Waals surface area (Å²) in [6.45, 7) is 2.60. The molecule has 0 unspecified atom stereocenters. The molecule has 0 saturated carbocycles. The second-order valence-electron chi connectivity index (χ2n) is 7.10. The smallest absolute Gasteiger partial charge is 0.262 e. The number of carbonyl (C=O) groups excluding carboxylic acids is 1. The zero-order valence-corrected chi connectivity index (χ0v) is 18.3. The van der Waals surface area contributed by atoms with Crippen LogP contribution in [-0.2, 0) is 29.6 Å². The Hall–Kier alpha value is -2.67. The molecular formula is C19H21N3O7S2. The Morgan fingerprint density at radius 2 is 1.77 bits per heavy atom. The van der Waals surface area contributed by atoms with Crippen molar-refractivity contribution in [3.63, 3.8) is 0 Å². The van der Waals surface area contributed by atoms with Crippen LogP contribution in [0.4, 0.5) is 11.4 Å². The van der Waals surface area contributed by atoms with Gasteiger partial charge in [0.25, 0.3) is 15.9 Å². The molecule has 0 aromatic heterocycles. The van der Waals surface area contributed by atoms with E-state index in [1.807, 2.05) is 0 Å². The van der Waals surface area contributed by atoms with Crippen LogP contribution < -0.4 is 14.8 Å². The highest BCUT2D eigenvalue weighted by Crippen LogP contribution is 2.31. The standard InChI is InChI=1S/C19H21N3O7S2/c1-13-2-3-14(10-18(13)31(26,27)22-6-8-28-9-7-22)21-30(24,25)15-4-5-17-16(11-15)20-19(23)12-29-17/h2-5,10-11,21H,6-9,12H2,1H3,(H,20,23). The SMILES string of the molecule is Cc1ccc(NS(=O)(=O)c2ccc3c(c2)NC(=O)CO3)cc1S(=O)(=O)N1CCOCC1. The molecular weight excluding hydrogens is 446 g/mol. The van der Waals surface area contributed by atoms with Crippen molar-refractivity contribution in [2.24, 2.45) is 0 Å². The van der Waals surface area contributed by atoms with E-state index < -0.39 is 20.0 Å². The molecule has 2 aliphatic heterocycles. The summed E-state index contributed by atoms with van der Waals surface area (Å²) in [5, 5.41) is 2.56. The molecule has 166 valence electrons. The molecule has 0 spiro atoms. The topological polar surface area (TPSA) is 131 Å². The number of amides is 1. The predicted molar refractivity (Wildman–Crippen MR) is 112 cm³/mol. The first kappa shape index (κ1) is 21.6. The molecule has 0 bridgehead atoms. The zero-order chi connectivity index (χ0) is 22.2. The molecule has 0 aliphatic carbocycles. The van der Waals surface area contributed by atoms with Crippen LogP contribution in [0.25, 0.3) is 0 Å². The van der Waals surface area contributed by atoms with Crippen molar-refractivity contribution in [1.82, 2.24) is 4.31 Å². The fourth-order valence-electron chi connectivity index (χ4n) is 3.31. The summed E-state index contributed by atoms with van der Waals surface area (Å²) in [5.41, 5.74) is 0.858. The molecule has 0 radical (unpaired) electrons. The van der Waals surface area contributed by atoms with Crippen LogP contribution in [0, 0.1) is 6.92 Å². The van der Waals surface area contributed by atoms with Crippen molar-refractivity contribution in [2.75, 3.05) is 42.9 Å². The Morgan fingerprint density at radius 1 is 1.03 bits per heavy atom. The Morgan fingerprint density at radius 3 is 2.52 bits per heavy atom. The van der Waals surface area contributed by atoms with Crippen molar-refractivity contribution in [2.45, 2.75) is 16.7 Å². The highest BCUT2D eigenvalue weighted by molar-refractivity contribution is 7.92. The molecule has 4 rings (SSSR count). The lowest BCUT2D eigenvalue weighted by Crippen LogP contribution is -2.40. The summed E-state index contributed by atoms with van der Waals surface area (Å²) in [4.78, 5) is 11.4. The minimum atomic E-state index is -4.05. The van der Waals surface area contributed by atoms with Gasteiger partial charge in [-0.25, -0.2) is 16.8 Å². The number of aryl methyl sites for hydroxylation is 1. The Labute approximate surface area is 180 Å². The second kappa shape index (κ2) is 8.11. The fourth-order valence-corrected chi connectivity index (χ4v) is 6.05. The third-order valence-corrected chi connectivity index (χ3v) is 8.34. The lowest BCUT2D eigenvalue weighted by atomic mass is 10.2. The van der Waals surface area contributed by atoms with E-state index in [0.29, 0.717) is 24.5 Å². The van der Waals surface area contributed by atoms with Gasteiger partial charge in [0.1, 0.15) is 5.75 Å². The lowest BCUT2D eigenvalue weighted by Gasteiger charge is -2.27. The van der Waals surface area contributed by atoms with E-state index in [2.05, 4.69) is 10.0 Å². The fraction of sp³-hybridized carbons (Fsp3) is 0.316. The second-order valence-corrected chi connectivity index (χ2v) is 10.7. The van der Waals surface area contributed by atoms with Gasteiger partial charge in [0.2, 0.25) is 10.0 Å². The molecule has 2 aromatic carbocycles. The normalized spacial score (nSPS) is 17.4. The molecule has 2 aliphatic rings.